The van der Waals surface area contributed by atoms with Gasteiger partial charge in [0, 0.05) is 12.6 Å². The number of nitrogens with two attached hydrogens (primary N) is 1. The minimum atomic E-state index is -0.579. The van der Waals surface area contributed by atoms with Gasteiger partial charge in [0.25, 0.3) is 0 Å². The van der Waals surface area contributed by atoms with Crippen LogP contribution in [0.5, 0.6) is 11.5 Å². The fourth-order valence-corrected chi connectivity index (χ4v) is 1.64. The lowest BCUT2D eigenvalue weighted by molar-refractivity contribution is -0.385. The lowest BCUT2D eigenvalue weighted by atomic mass is 10.2. The normalized spacial score (nSPS) is 9.80. The lowest BCUT2D eigenvalue weighted by Gasteiger charge is -2.07. The van der Waals surface area contributed by atoms with Gasteiger partial charge in [0.15, 0.2) is 0 Å². The zero-order chi connectivity index (χ0) is 14.5. The Kier molecular flexibility index (Phi) is 3.93. The largest absolute Gasteiger partial charge is 0.450 e. The van der Waals surface area contributed by atoms with Crippen LogP contribution in [0.15, 0.2) is 42.5 Å². The standard InChI is InChI=1S/C14H11N3O3/c15-8-10-1-4-12(5-2-10)20-14-6-3-11(9-16)7-13(14)17(18)19/h1-7H,8,15H2. The van der Waals surface area contributed by atoms with Crippen LogP contribution < -0.4 is 10.5 Å². The molecule has 0 heterocycles. The molecule has 2 rings (SSSR count). The summed E-state index contributed by atoms with van der Waals surface area (Å²) in [5.41, 5.74) is 6.39. The number of rotatable bonds is 4. The molecule has 0 atom stereocenters. The molecule has 2 aromatic carbocycles. The number of hydrogen-bond acceptors (Lipinski definition) is 5. The highest BCUT2D eigenvalue weighted by Crippen LogP contribution is 2.32. The predicted octanol–water partition coefficient (Wildman–Crippen LogP) is 2.72. The van der Waals surface area contributed by atoms with Gasteiger partial charge in [-0.05, 0) is 29.8 Å². The predicted molar refractivity (Wildman–Crippen MR) is 72.2 cm³/mol. The first-order valence-corrected chi connectivity index (χ1v) is 5.79. The van der Waals surface area contributed by atoms with Gasteiger partial charge in [-0.15, -0.1) is 0 Å². The van der Waals surface area contributed by atoms with Crippen molar-refractivity contribution >= 4 is 5.69 Å². The van der Waals surface area contributed by atoms with Crippen molar-refractivity contribution in [1.82, 2.24) is 0 Å². The van der Waals surface area contributed by atoms with Crippen LogP contribution >= 0.6 is 0 Å². The van der Waals surface area contributed by atoms with E-state index in [0.29, 0.717) is 12.3 Å². The Labute approximate surface area is 115 Å². The molecule has 0 amide bonds. The number of benzene rings is 2. The second-order valence-electron chi connectivity index (χ2n) is 4.00. The van der Waals surface area contributed by atoms with Crippen molar-refractivity contribution in [3.63, 3.8) is 0 Å². The van der Waals surface area contributed by atoms with Crippen molar-refractivity contribution in [3.8, 4) is 17.6 Å². The first kappa shape index (κ1) is 13.5. The zero-order valence-electron chi connectivity index (χ0n) is 10.4. The summed E-state index contributed by atoms with van der Waals surface area (Å²) in [6.07, 6.45) is 0. The number of nitro benzene ring substituents is 1. The topological polar surface area (TPSA) is 102 Å². The van der Waals surface area contributed by atoms with E-state index in [-0.39, 0.29) is 17.0 Å². The molecule has 0 unspecified atom stereocenters. The molecular weight excluding hydrogens is 258 g/mol. The van der Waals surface area contributed by atoms with Gasteiger partial charge in [-0.1, -0.05) is 12.1 Å². The van der Waals surface area contributed by atoms with Crippen LogP contribution in [0.4, 0.5) is 5.69 Å². The van der Waals surface area contributed by atoms with E-state index in [9.17, 15) is 10.1 Å². The summed E-state index contributed by atoms with van der Waals surface area (Å²) in [7, 11) is 0. The summed E-state index contributed by atoms with van der Waals surface area (Å²) in [5, 5.41) is 19.7. The summed E-state index contributed by atoms with van der Waals surface area (Å²) >= 11 is 0. The highest BCUT2D eigenvalue weighted by molar-refractivity contribution is 5.53. The van der Waals surface area contributed by atoms with Gasteiger partial charge in [0.1, 0.15) is 5.75 Å². The molecule has 6 heteroatoms. The van der Waals surface area contributed by atoms with Crippen LogP contribution in [0.25, 0.3) is 0 Å². The smallest absolute Gasteiger partial charge is 0.312 e. The van der Waals surface area contributed by atoms with Crippen molar-refractivity contribution in [2.24, 2.45) is 5.73 Å². The van der Waals surface area contributed by atoms with Crippen LogP contribution in [0.1, 0.15) is 11.1 Å². The van der Waals surface area contributed by atoms with E-state index in [1.165, 1.54) is 18.2 Å². The maximum Gasteiger partial charge on any atom is 0.312 e. The average molecular weight is 269 g/mol. The van der Waals surface area contributed by atoms with E-state index < -0.39 is 4.92 Å². The Balaban J connectivity index is 2.32. The molecule has 0 radical (unpaired) electrons. The molecule has 2 aromatic rings. The Morgan fingerprint density at radius 2 is 1.95 bits per heavy atom. The van der Waals surface area contributed by atoms with Gasteiger partial charge >= 0.3 is 5.69 Å². The summed E-state index contributed by atoms with van der Waals surface area (Å²) in [6.45, 7) is 0.414. The molecule has 0 saturated carbocycles. The van der Waals surface area contributed by atoms with E-state index in [2.05, 4.69) is 0 Å². The van der Waals surface area contributed by atoms with Crippen LogP contribution in [0.2, 0.25) is 0 Å². The summed E-state index contributed by atoms with van der Waals surface area (Å²) in [4.78, 5) is 10.4. The molecule has 100 valence electrons. The molecule has 0 saturated heterocycles. The highest BCUT2D eigenvalue weighted by Gasteiger charge is 2.16. The molecule has 0 spiro atoms. The molecule has 0 aromatic heterocycles. The highest BCUT2D eigenvalue weighted by atomic mass is 16.6. The first-order valence-electron chi connectivity index (χ1n) is 5.79. The first-order chi connectivity index (χ1) is 9.63. The van der Waals surface area contributed by atoms with Crippen molar-refractivity contribution in [2.75, 3.05) is 0 Å². The molecule has 2 N–H and O–H groups in total. The fourth-order valence-electron chi connectivity index (χ4n) is 1.64. The third-order valence-electron chi connectivity index (χ3n) is 2.67. The molecule has 0 bridgehead atoms. The zero-order valence-corrected chi connectivity index (χ0v) is 10.4. The quantitative estimate of drug-likeness (QED) is 0.679. The van der Waals surface area contributed by atoms with E-state index in [0.717, 1.165) is 5.56 Å². The van der Waals surface area contributed by atoms with E-state index in [4.69, 9.17) is 15.7 Å². The lowest BCUT2D eigenvalue weighted by Crippen LogP contribution is -1.96. The van der Waals surface area contributed by atoms with Crippen LogP contribution in [0.3, 0.4) is 0 Å². The second kappa shape index (κ2) is 5.82. The Morgan fingerprint density at radius 3 is 2.50 bits per heavy atom. The summed E-state index contributed by atoms with van der Waals surface area (Å²) in [6, 6.07) is 12.9. The molecule has 20 heavy (non-hydrogen) atoms. The maximum atomic E-state index is 11.0. The SMILES string of the molecule is N#Cc1ccc(Oc2ccc(CN)cc2)c([N+](=O)[O-])c1. The number of nitro groups is 1. The average Bonchev–Trinajstić information content (AvgIpc) is 2.48. The Bertz CT molecular complexity index is 675. The van der Waals surface area contributed by atoms with Gasteiger partial charge in [0.2, 0.25) is 5.75 Å². The van der Waals surface area contributed by atoms with Gasteiger partial charge in [-0.3, -0.25) is 10.1 Å². The molecule has 0 fully saturated rings. The minimum Gasteiger partial charge on any atom is -0.450 e. The summed E-state index contributed by atoms with van der Waals surface area (Å²) < 4.78 is 5.48. The second-order valence-corrected chi connectivity index (χ2v) is 4.00. The third kappa shape index (κ3) is 2.91. The van der Waals surface area contributed by atoms with Crippen molar-refractivity contribution in [1.29, 1.82) is 5.26 Å². The molecule has 0 aliphatic rings. The molecular formula is C14H11N3O3. The van der Waals surface area contributed by atoms with Crippen molar-refractivity contribution < 1.29 is 9.66 Å². The van der Waals surface area contributed by atoms with E-state index in [1.54, 1.807) is 24.3 Å². The van der Waals surface area contributed by atoms with Crippen LogP contribution in [-0.2, 0) is 6.54 Å². The fraction of sp³-hybridized carbons (Fsp3) is 0.0714. The minimum absolute atomic E-state index is 0.0921. The Hall–Kier alpha value is -2.91. The summed E-state index contributed by atoms with van der Waals surface area (Å²) in [5.74, 6) is 0.560. The van der Waals surface area contributed by atoms with Crippen molar-refractivity contribution in [2.45, 2.75) is 6.54 Å². The van der Waals surface area contributed by atoms with E-state index >= 15 is 0 Å². The molecule has 6 nitrogen and oxygen atoms in total. The number of nitriles is 1. The van der Waals surface area contributed by atoms with Gasteiger partial charge < -0.3 is 10.5 Å². The van der Waals surface area contributed by atoms with Crippen LogP contribution in [0, 0.1) is 21.4 Å². The Morgan fingerprint density at radius 1 is 1.25 bits per heavy atom. The number of nitrogens with zero attached hydrogens (tertiary/aromatic N) is 2. The number of hydrogen-bond donors (Lipinski definition) is 1. The third-order valence-corrected chi connectivity index (χ3v) is 2.67. The monoisotopic (exact) mass is 269 g/mol. The molecule has 0 aliphatic heterocycles. The van der Waals surface area contributed by atoms with Gasteiger partial charge in [-0.25, -0.2) is 0 Å². The van der Waals surface area contributed by atoms with Gasteiger partial charge in [0.05, 0.1) is 16.6 Å². The van der Waals surface area contributed by atoms with Gasteiger partial charge in [-0.2, -0.15) is 5.26 Å². The molecule has 0 aliphatic carbocycles. The van der Waals surface area contributed by atoms with Crippen molar-refractivity contribution in [3.05, 3.63) is 63.7 Å². The van der Waals surface area contributed by atoms with E-state index in [1.807, 2.05) is 6.07 Å². The van der Waals surface area contributed by atoms with Crippen LogP contribution in [-0.4, -0.2) is 4.92 Å². The number of ether oxygens (including phenoxy) is 1. The maximum absolute atomic E-state index is 11.0.